The molecule has 3 nitrogen and oxygen atoms in total. The summed E-state index contributed by atoms with van der Waals surface area (Å²) in [5.74, 6) is -0.227. The molecule has 22 heavy (non-hydrogen) atoms. The van der Waals surface area contributed by atoms with Gasteiger partial charge < -0.3 is 10.1 Å². The summed E-state index contributed by atoms with van der Waals surface area (Å²) in [5, 5.41) is 3.47. The molecule has 2 rings (SSSR count). The molecule has 0 aliphatic heterocycles. The zero-order valence-corrected chi connectivity index (χ0v) is 14.1. The van der Waals surface area contributed by atoms with Gasteiger partial charge in [0.2, 0.25) is 0 Å². The van der Waals surface area contributed by atoms with E-state index in [9.17, 15) is 9.18 Å². The lowest BCUT2D eigenvalue weighted by Gasteiger charge is -2.15. The average molecular weight is 387 g/mol. The van der Waals surface area contributed by atoms with E-state index >= 15 is 0 Å². The maximum atomic E-state index is 13.0. The van der Waals surface area contributed by atoms with E-state index in [2.05, 4.69) is 21.2 Å². The zero-order chi connectivity index (χ0) is 16.1. The van der Waals surface area contributed by atoms with Crippen LogP contribution in [0.5, 0.6) is 5.75 Å². The summed E-state index contributed by atoms with van der Waals surface area (Å²) < 4.78 is 18.8. The van der Waals surface area contributed by atoms with E-state index in [-0.39, 0.29) is 24.4 Å². The van der Waals surface area contributed by atoms with Crippen molar-refractivity contribution >= 4 is 33.4 Å². The molecule has 0 saturated heterocycles. The number of halogens is 3. The van der Waals surface area contributed by atoms with Crippen molar-refractivity contribution in [3.8, 4) is 5.75 Å². The van der Waals surface area contributed by atoms with E-state index in [0.717, 1.165) is 5.56 Å². The number of nitrogens with one attached hydrogen (secondary N) is 1. The first kappa shape index (κ1) is 16.8. The molecule has 0 radical (unpaired) electrons. The van der Waals surface area contributed by atoms with Gasteiger partial charge in [0, 0.05) is 5.02 Å². The number of carbonyl (C=O) groups excluding carboxylic acids is 1. The first-order valence-corrected chi connectivity index (χ1v) is 7.75. The highest BCUT2D eigenvalue weighted by Crippen LogP contribution is 2.25. The van der Waals surface area contributed by atoms with Gasteiger partial charge in [-0.1, -0.05) is 23.7 Å². The minimum Gasteiger partial charge on any atom is -0.483 e. The van der Waals surface area contributed by atoms with Crippen LogP contribution in [-0.4, -0.2) is 12.5 Å². The lowest BCUT2D eigenvalue weighted by atomic mass is 10.1. The Morgan fingerprint density at radius 3 is 2.64 bits per heavy atom. The van der Waals surface area contributed by atoms with Crippen molar-refractivity contribution in [2.24, 2.45) is 0 Å². The molecule has 2 aromatic rings. The summed E-state index contributed by atoms with van der Waals surface area (Å²) in [6, 6.07) is 11.1. The zero-order valence-electron chi connectivity index (χ0n) is 11.8. The molecule has 0 aliphatic carbocycles. The highest BCUT2D eigenvalue weighted by Gasteiger charge is 2.11. The van der Waals surface area contributed by atoms with Crippen LogP contribution in [0, 0.1) is 5.82 Å². The third-order valence-electron chi connectivity index (χ3n) is 3.00. The summed E-state index contributed by atoms with van der Waals surface area (Å²) in [6.45, 7) is 1.72. The van der Waals surface area contributed by atoms with E-state index in [4.69, 9.17) is 16.3 Å². The topological polar surface area (TPSA) is 38.3 Å². The molecule has 1 N–H and O–H groups in total. The molecule has 2 aromatic carbocycles. The van der Waals surface area contributed by atoms with E-state index < -0.39 is 0 Å². The number of hydrogen-bond donors (Lipinski definition) is 1. The number of carbonyl (C=O) groups is 1. The largest absolute Gasteiger partial charge is 0.483 e. The molecule has 116 valence electrons. The molecule has 0 unspecified atom stereocenters. The molecule has 6 heteroatoms. The summed E-state index contributed by atoms with van der Waals surface area (Å²) in [5.41, 5.74) is 0.945. The number of hydrogen-bond acceptors (Lipinski definition) is 2. The number of benzene rings is 2. The Kier molecular flexibility index (Phi) is 5.80. The minimum absolute atomic E-state index is 0.151. The van der Waals surface area contributed by atoms with Crippen LogP contribution in [0.4, 0.5) is 4.39 Å². The molecule has 0 aromatic heterocycles. The van der Waals surface area contributed by atoms with Crippen molar-refractivity contribution in [3.63, 3.8) is 0 Å². The Labute approximate surface area is 141 Å². The molecule has 0 bridgehead atoms. The molecular formula is C16H14BrClFNO2. The fourth-order valence-electron chi connectivity index (χ4n) is 1.85. The van der Waals surface area contributed by atoms with E-state index in [1.165, 1.54) is 18.2 Å². The van der Waals surface area contributed by atoms with Gasteiger partial charge in [-0.2, -0.15) is 0 Å². The first-order chi connectivity index (χ1) is 10.5. The van der Waals surface area contributed by atoms with E-state index in [1.807, 2.05) is 19.1 Å². The van der Waals surface area contributed by atoms with Gasteiger partial charge in [-0.05, 0) is 58.7 Å². The van der Waals surface area contributed by atoms with Crippen molar-refractivity contribution < 1.29 is 13.9 Å². The third-order valence-corrected chi connectivity index (χ3v) is 3.87. The Bertz CT molecular complexity index is 664. The van der Waals surface area contributed by atoms with Crippen LogP contribution in [0.3, 0.4) is 0 Å². The summed E-state index contributed by atoms with van der Waals surface area (Å²) in [7, 11) is 0. The van der Waals surface area contributed by atoms with Crippen LogP contribution < -0.4 is 10.1 Å². The quantitative estimate of drug-likeness (QED) is 0.822. The van der Waals surface area contributed by atoms with Gasteiger partial charge in [-0.15, -0.1) is 0 Å². The van der Waals surface area contributed by atoms with Crippen LogP contribution in [0.15, 0.2) is 46.9 Å². The maximum absolute atomic E-state index is 13.0. The Balaban J connectivity index is 1.88. The van der Waals surface area contributed by atoms with Gasteiger partial charge >= 0.3 is 0 Å². The van der Waals surface area contributed by atoms with Crippen molar-refractivity contribution in [1.29, 1.82) is 0 Å². The van der Waals surface area contributed by atoms with Crippen molar-refractivity contribution in [2.45, 2.75) is 13.0 Å². The summed E-state index contributed by atoms with van der Waals surface area (Å²) in [6.07, 6.45) is 0. The third kappa shape index (κ3) is 4.71. The fourth-order valence-corrected chi connectivity index (χ4v) is 2.44. The summed E-state index contributed by atoms with van der Waals surface area (Å²) >= 11 is 9.01. The highest BCUT2D eigenvalue weighted by atomic mass is 79.9. The van der Waals surface area contributed by atoms with Crippen LogP contribution in [0.2, 0.25) is 5.02 Å². The van der Waals surface area contributed by atoms with Gasteiger partial charge in [0.25, 0.3) is 5.91 Å². The lowest BCUT2D eigenvalue weighted by Crippen LogP contribution is -2.31. The van der Waals surface area contributed by atoms with Crippen molar-refractivity contribution in [3.05, 3.63) is 63.3 Å². The molecular weight excluding hydrogens is 373 g/mol. The van der Waals surface area contributed by atoms with E-state index in [0.29, 0.717) is 15.2 Å². The predicted molar refractivity (Wildman–Crippen MR) is 87.6 cm³/mol. The second-order valence-electron chi connectivity index (χ2n) is 4.70. The number of rotatable bonds is 5. The van der Waals surface area contributed by atoms with Crippen LogP contribution in [0.25, 0.3) is 0 Å². The molecule has 1 atom stereocenters. The van der Waals surface area contributed by atoms with E-state index in [1.54, 1.807) is 12.1 Å². The van der Waals surface area contributed by atoms with Crippen LogP contribution >= 0.6 is 27.5 Å². The van der Waals surface area contributed by atoms with Crippen molar-refractivity contribution in [1.82, 2.24) is 5.32 Å². The molecule has 0 fully saturated rings. The smallest absolute Gasteiger partial charge is 0.258 e. The van der Waals surface area contributed by atoms with Gasteiger partial charge in [0.15, 0.2) is 6.61 Å². The van der Waals surface area contributed by atoms with Gasteiger partial charge in [-0.3, -0.25) is 4.79 Å². The van der Waals surface area contributed by atoms with Crippen LogP contribution in [0.1, 0.15) is 18.5 Å². The van der Waals surface area contributed by atoms with Crippen LogP contribution in [-0.2, 0) is 4.79 Å². The Morgan fingerprint density at radius 1 is 1.32 bits per heavy atom. The Morgan fingerprint density at radius 2 is 2.00 bits per heavy atom. The second kappa shape index (κ2) is 7.61. The maximum Gasteiger partial charge on any atom is 0.258 e. The monoisotopic (exact) mass is 385 g/mol. The summed E-state index contributed by atoms with van der Waals surface area (Å²) in [4.78, 5) is 11.9. The second-order valence-corrected chi connectivity index (χ2v) is 5.99. The standard InChI is InChI=1S/C16H14BrClFNO2/c1-10(11-2-4-12(18)5-3-11)20-16(21)9-22-15-7-6-13(19)8-14(15)17/h2-8,10H,9H2,1H3,(H,20,21)/t10-/m1/s1. The molecule has 0 heterocycles. The molecule has 1 amide bonds. The first-order valence-electron chi connectivity index (χ1n) is 6.58. The SMILES string of the molecule is C[C@@H](NC(=O)COc1ccc(F)cc1Br)c1ccc(Cl)cc1. The lowest BCUT2D eigenvalue weighted by molar-refractivity contribution is -0.123. The average Bonchev–Trinajstić information content (AvgIpc) is 2.47. The van der Waals surface area contributed by atoms with Crippen molar-refractivity contribution in [2.75, 3.05) is 6.61 Å². The number of ether oxygens (including phenoxy) is 1. The Hall–Kier alpha value is -1.59. The van der Waals surface area contributed by atoms with Gasteiger partial charge in [0.1, 0.15) is 11.6 Å². The fraction of sp³-hybridized carbons (Fsp3) is 0.188. The molecule has 0 saturated carbocycles. The minimum atomic E-state index is -0.375. The predicted octanol–water partition coefficient (Wildman–Crippen LogP) is 4.50. The molecule has 0 aliphatic rings. The van der Waals surface area contributed by atoms with Gasteiger partial charge in [-0.25, -0.2) is 4.39 Å². The van der Waals surface area contributed by atoms with Gasteiger partial charge in [0.05, 0.1) is 10.5 Å². The molecule has 0 spiro atoms. The number of amides is 1. The normalized spacial score (nSPS) is 11.8. The highest BCUT2D eigenvalue weighted by molar-refractivity contribution is 9.10.